The summed E-state index contributed by atoms with van der Waals surface area (Å²) in [5.41, 5.74) is 2.27. The Balaban J connectivity index is 1.23. The topological polar surface area (TPSA) is 114 Å². The molecule has 1 saturated carbocycles. The molecule has 1 amide bonds. The maximum absolute atomic E-state index is 13.7. The van der Waals surface area contributed by atoms with Crippen molar-refractivity contribution >= 4 is 50.2 Å². The van der Waals surface area contributed by atoms with Gasteiger partial charge in [-0.1, -0.05) is 25.2 Å². The standard InChI is InChI=1S/C27H32BrN9OS/c1-16(2)27(25(38)36-12-10-29-11-13-36)9-8-19(14-27)31-26-30-15-21-22(28)35-37(23(21)32-26)20-6-4-18(5-7-20)24-34-33-17(3)39-24/h4-7,15-16,19,29H,8-14H2,1-3H3,(H,30,31,32)/t19-,27-/m1/s1. The molecule has 1 saturated heterocycles. The lowest BCUT2D eigenvalue weighted by molar-refractivity contribution is -0.145. The van der Waals surface area contributed by atoms with Gasteiger partial charge in [-0.2, -0.15) is 10.1 Å². The molecule has 10 nitrogen and oxygen atoms in total. The minimum atomic E-state index is -0.350. The van der Waals surface area contributed by atoms with Gasteiger partial charge in [0.2, 0.25) is 11.9 Å². The smallest absolute Gasteiger partial charge is 0.229 e. The van der Waals surface area contributed by atoms with Gasteiger partial charge in [0, 0.05) is 44.0 Å². The van der Waals surface area contributed by atoms with Crippen molar-refractivity contribution in [2.24, 2.45) is 11.3 Å². The lowest BCUT2D eigenvalue weighted by Crippen LogP contribution is -2.53. The van der Waals surface area contributed by atoms with Crippen LogP contribution in [0.3, 0.4) is 0 Å². The summed E-state index contributed by atoms with van der Waals surface area (Å²) in [6, 6.07) is 8.20. The van der Waals surface area contributed by atoms with E-state index in [1.807, 2.05) is 35.9 Å². The quantitative estimate of drug-likeness (QED) is 0.330. The molecule has 0 spiro atoms. The van der Waals surface area contributed by atoms with Crippen molar-refractivity contribution in [1.29, 1.82) is 0 Å². The molecule has 2 N–H and O–H groups in total. The van der Waals surface area contributed by atoms with Crippen molar-refractivity contribution in [2.45, 2.75) is 46.1 Å². The van der Waals surface area contributed by atoms with Gasteiger partial charge in [-0.25, -0.2) is 9.67 Å². The third-order valence-electron chi connectivity index (χ3n) is 8.08. The zero-order valence-corrected chi connectivity index (χ0v) is 24.7. The van der Waals surface area contributed by atoms with Gasteiger partial charge in [0.25, 0.3) is 0 Å². The number of aromatic nitrogens is 6. The van der Waals surface area contributed by atoms with Crippen molar-refractivity contribution in [3.8, 4) is 16.3 Å². The minimum absolute atomic E-state index is 0.131. The summed E-state index contributed by atoms with van der Waals surface area (Å²) in [4.78, 5) is 25.2. The molecule has 204 valence electrons. The predicted molar refractivity (Wildman–Crippen MR) is 156 cm³/mol. The number of anilines is 1. The number of amides is 1. The first-order chi connectivity index (χ1) is 18.8. The molecule has 2 fully saturated rings. The van der Waals surface area contributed by atoms with Crippen LogP contribution in [-0.2, 0) is 4.79 Å². The van der Waals surface area contributed by atoms with E-state index in [1.54, 1.807) is 17.5 Å². The monoisotopic (exact) mass is 609 g/mol. The molecule has 1 aromatic carbocycles. The van der Waals surface area contributed by atoms with Gasteiger partial charge < -0.3 is 15.5 Å². The zero-order chi connectivity index (χ0) is 27.1. The van der Waals surface area contributed by atoms with Gasteiger partial charge in [-0.15, -0.1) is 10.2 Å². The van der Waals surface area contributed by atoms with E-state index in [4.69, 9.17) is 4.98 Å². The van der Waals surface area contributed by atoms with Crippen molar-refractivity contribution < 1.29 is 4.79 Å². The molecule has 1 aliphatic carbocycles. The number of carbonyl (C=O) groups is 1. The van der Waals surface area contributed by atoms with Gasteiger partial charge in [0.15, 0.2) is 5.65 Å². The van der Waals surface area contributed by atoms with Crippen LogP contribution in [0.1, 0.15) is 38.1 Å². The summed E-state index contributed by atoms with van der Waals surface area (Å²) in [6.07, 6.45) is 4.36. The first-order valence-corrected chi connectivity index (χ1v) is 15.0. The highest BCUT2D eigenvalue weighted by Gasteiger charge is 2.49. The summed E-state index contributed by atoms with van der Waals surface area (Å²) in [5.74, 6) is 1.12. The molecule has 12 heteroatoms. The second kappa shape index (κ2) is 10.5. The highest BCUT2D eigenvalue weighted by Crippen LogP contribution is 2.46. The van der Waals surface area contributed by atoms with Crippen LogP contribution in [0.4, 0.5) is 5.95 Å². The van der Waals surface area contributed by atoms with Gasteiger partial charge >= 0.3 is 0 Å². The van der Waals surface area contributed by atoms with Crippen molar-refractivity contribution in [3.05, 3.63) is 40.1 Å². The molecule has 0 bridgehead atoms. The molecule has 2 aliphatic rings. The average Bonchev–Trinajstić information content (AvgIpc) is 3.67. The molecule has 4 heterocycles. The maximum Gasteiger partial charge on any atom is 0.229 e. The second-order valence-electron chi connectivity index (χ2n) is 10.7. The van der Waals surface area contributed by atoms with Crippen molar-refractivity contribution in [3.63, 3.8) is 0 Å². The number of hydrogen-bond donors (Lipinski definition) is 2. The fourth-order valence-corrected chi connectivity index (χ4v) is 6.94. The molecule has 2 atom stereocenters. The van der Waals surface area contributed by atoms with Crippen LogP contribution < -0.4 is 10.6 Å². The van der Waals surface area contributed by atoms with Crippen molar-refractivity contribution in [2.75, 3.05) is 31.5 Å². The molecule has 39 heavy (non-hydrogen) atoms. The Bertz CT molecular complexity index is 1490. The minimum Gasteiger partial charge on any atom is -0.351 e. The Kier molecular flexibility index (Phi) is 7.11. The summed E-state index contributed by atoms with van der Waals surface area (Å²) >= 11 is 5.14. The third-order valence-corrected chi connectivity index (χ3v) is 9.56. The Labute approximate surface area is 239 Å². The van der Waals surface area contributed by atoms with Crippen LogP contribution >= 0.6 is 27.3 Å². The Morgan fingerprint density at radius 3 is 2.67 bits per heavy atom. The van der Waals surface area contributed by atoms with E-state index in [-0.39, 0.29) is 17.4 Å². The second-order valence-corrected chi connectivity index (χ2v) is 12.7. The fraction of sp³-hybridized carbons (Fsp3) is 0.481. The van der Waals surface area contributed by atoms with Crippen LogP contribution in [0.5, 0.6) is 0 Å². The van der Waals surface area contributed by atoms with Gasteiger partial charge in [-0.3, -0.25) is 4.79 Å². The number of nitrogens with one attached hydrogen (secondary N) is 2. The molecule has 6 rings (SSSR count). The van der Waals surface area contributed by atoms with E-state index >= 15 is 0 Å². The third kappa shape index (κ3) is 4.93. The molecule has 1 aliphatic heterocycles. The summed E-state index contributed by atoms with van der Waals surface area (Å²) in [7, 11) is 0. The average molecular weight is 611 g/mol. The van der Waals surface area contributed by atoms with Gasteiger partial charge in [-0.05, 0) is 72.3 Å². The number of hydrogen-bond acceptors (Lipinski definition) is 9. The van der Waals surface area contributed by atoms with E-state index < -0.39 is 0 Å². The van der Waals surface area contributed by atoms with Gasteiger partial charge in [0.1, 0.15) is 14.6 Å². The lowest BCUT2D eigenvalue weighted by atomic mass is 9.74. The molecule has 0 radical (unpaired) electrons. The zero-order valence-electron chi connectivity index (χ0n) is 22.3. The van der Waals surface area contributed by atoms with Crippen LogP contribution in [-0.4, -0.2) is 73.0 Å². The Morgan fingerprint density at radius 2 is 1.97 bits per heavy atom. The number of rotatable bonds is 6. The van der Waals surface area contributed by atoms with Crippen LogP contribution in [0.2, 0.25) is 0 Å². The van der Waals surface area contributed by atoms with E-state index in [0.29, 0.717) is 22.1 Å². The molecule has 3 aromatic heterocycles. The number of piperazine rings is 1. The number of benzene rings is 1. The number of aryl methyl sites for hydroxylation is 1. The Hall–Kier alpha value is -2.96. The normalized spacial score (nSPS) is 21.7. The molecular weight excluding hydrogens is 578 g/mol. The number of nitrogens with zero attached hydrogens (tertiary/aromatic N) is 7. The highest BCUT2D eigenvalue weighted by atomic mass is 79.9. The first-order valence-electron chi connectivity index (χ1n) is 13.4. The van der Waals surface area contributed by atoms with E-state index in [1.165, 1.54) is 0 Å². The molecule has 0 unspecified atom stereocenters. The Morgan fingerprint density at radius 1 is 1.21 bits per heavy atom. The number of carbonyl (C=O) groups excluding carboxylic acids is 1. The highest BCUT2D eigenvalue weighted by molar-refractivity contribution is 9.10. The van der Waals surface area contributed by atoms with Crippen LogP contribution in [0, 0.1) is 18.3 Å². The summed E-state index contributed by atoms with van der Waals surface area (Å²) in [6.45, 7) is 9.60. The molecule has 4 aromatic rings. The van der Waals surface area contributed by atoms with Crippen LogP contribution in [0.15, 0.2) is 35.1 Å². The lowest BCUT2D eigenvalue weighted by Gasteiger charge is -2.39. The predicted octanol–water partition coefficient (Wildman–Crippen LogP) is 4.44. The number of fused-ring (bicyclic) bond motifs is 1. The van der Waals surface area contributed by atoms with Crippen LogP contribution in [0.25, 0.3) is 27.3 Å². The fourth-order valence-electron chi connectivity index (χ4n) is 5.81. The number of halogens is 1. The van der Waals surface area contributed by atoms with Crippen molar-refractivity contribution in [1.82, 2.24) is 40.2 Å². The summed E-state index contributed by atoms with van der Waals surface area (Å²) < 4.78 is 2.51. The largest absolute Gasteiger partial charge is 0.351 e. The van der Waals surface area contributed by atoms with Gasteiger partial charge in [0.05, 0.1) is 16.5 Å². The SMILES string of the molecule is Cc1nnc(-c2ccc(-n3nc(Br)c4cnc(N[C@@H]5CC[C@](C(=O)N6CCNCC6)(C(C)C)C5)nc43)cc2)s1. The van der Waals surface area contributed by atoms with E-state index in [2.05, 4.69) is 65.6 Å². The first kappa shape index (κ1) is 26.3. The maximum atomic E-state index is 13.7. The van der Waals surface area contributed by atoms with E-state index in [0.717, 1.165) is 72.1 Å². The van der Waals surface area contributed by atoms with E-state index in [9.17, 15) is 4.79 Å². The summed E-state index contributed by atoms with van der Waals surface area (Å²) in [5, 5.41) is 22.6. The molecular formula is C27H32BrN9OS.